The molecule has 0 aromatic heterocycles. The van der Waals surface area contributed by atoms with Gasteiger partial charge in [-0.15, -0.1) is 24.0 Å². The van der Waals surface area contributed by atoms with Crippen molar-refractivity contribution in [3.05, 3.63) is 0 Å². The number of halogens is 1. The Hall–Kier alpha value is -0.0800. The lowest BCUT2D eigenvalue weighted by Crippen LogP contribution is -2.43. The quantitative estimate of drug-likeness (QED) is 0.378. The average molecular weight is 383 g/mol. The topological polar surface area (TPSA) is 65.9 Å². The summed E-state index contributed by atoms with van der Waals surface area (Å²) in [6.45, 7) is 2.39. The SMILES string of the molecule is CN=C(NC)NCC1CCC2(CCOCC2)C1O.I. The van der Waals surface area contributed by atoms with Crippen LogP contribution in [-0.2, 0) is 4.74 Å². The van der Waals surface area contributed by atoms with Crippen molar-refractivity contribution in [2.75, 3.05) is 33.9 Å². The predicted molar refractivity (Wildman–Crippen MR) is 87.1 cm³/mol. The Bertz CT molecular complexity index is 306. The molecule has 2 rings (SSSR count). The van der Waals surface area contributed by atoms with Crippen molar-refractivity contribution in [2.24, 2.45) is 16.3 Å². The van der Waals surface area contributed by atoms with Crippen LogP contribution in [0.5, 0.6) is 0 Å². The summed E-state index contributed by atoms with van der Waals surface area (Å²) in [5.41, 5.74) is 0.119. The molecule has 1 saturated heterocycles. The number of aliphatic hydroxyl groups excluding tert-OH is 1. The molecule has 2 atom stereocenters. The van der Waals surface area contributed by atoms with E-state index in [-0.39, 0.29) is 35.5 Å². The number of aliphatic hydroxyl groups is 1. The van der Waals surface area contributed by atoms with Crippen LogP contribution in [0, 0.1) is 11.3 Å². The van der Waals surface area contributed by atoms with E-state index >= 15 is 0 Å². The Labute approximate surface area is 132 Å². The lowest BCUT2D eigenvalue weighted by molar-refractivity contribution is -0.0553. The van der Waals surface area contributed by atoms with Crippen LogP contribution in [0.4, 0.5) is 0 Å². The van der Waals surface area contributed by atoms with Crippen molar-refractivity contribution in [2.45, 2.75) is 31.8 Å². The number of hydrogen-bond donors (Lipinski definition) is 3. The Morgan fingerprint density at radius 2 is 2.05 bits per heavy atom. The minimum absolute atomic E-state index is 0. The molecule has 1 aliphatic carbocycles. The van der Waals surface area contributed by atoms with Crippen molar-refractivity contribution < 1.29 is 9.84 Å². The number of aliphatic imine (C=N–C) groups is 1. The molecule has 2 unspecified atom stereocenters. The van der Waals surface area contributed by atoms with Crippen LogP contribution in [0.3, 0.4) is 0 Å². The third kappa shape index (κ3) is 3.72. The van der Waals surface area contributed by atoms with Crippen LogP contribution in [0.1, 0.15) is 25.7 Å². The van der Waals surface area contributed by atoms with Gasteiger partial charge in [-0.3, -0.25) is 4.99 Å². The van der Waals surface area contributed by atoms with Crippen molar-refractivity contribution >= 4 is 29.9 Å². The summed E-state index contributed by atoms with van der Waals surface area (Å²) in [7, 11) is 3.60. The van der Waals surface area contributed by atoms with Crippen molar-refractivity contribution in [3.8, 4) is 0 Å². The number of rotatable bonds is 2. The summed E-state index contributed by atoms with van der Waals surface area (Å²) in [6, 6.07) is 0. The van der Waals surface area contributed by atoms with Crippen molar-refractivity contribution in [1.82, 2.24) is 10.6 Å². The fourth-order valence-electron chi connectivity index (χ4n) is 3.32. The van der Waals surface area contributed by atoms with E-state index in [9.17, 15) is 5.11 Å². The van der Waals surface area contributed by atoms with E-state index in [1.165, 1.54) is 0 Å². The van der Waals surface area contributed by atoms with Gasteiger partial charge in [0, 0.05) is 45.2 Å². The first-order valence-corrected chi connectivity index (χ1v) is 6.86. The summed E-state index contributed by atoms with van der Waals surface area (Å²) in [5.74, 6) is 1.11. The summed E-state index contributed by atoms with van der Waals surface area (Å²) in [4.78, 5) is 4.09. The van der Waals surface area contributed by atoms with Gasteiger partial charge in [0.2, 0.25) is 0 Å². The van der Waals surface area contributed by atoms with E-state index in [0.717, 1.165) is 51.4 Å². The van der Waals surface area contributed by atoms with E-state index in [4.69, 9.17) is 4.74 Å². The fraction of sp³-hybridized carbons (Fsp3) is 0.923. The van der Waals surface area contributed by atoms with E-state index < -0.39 is 0 Å². The third-order valence-electron chi connectivity index (χ3n) is 4.57. The van der Waals surface area contributed by atoms with E-state index in [1.807, 2.05) is 7.05 Å². The van der Waals surface area contributed by atoms with Crippen LogP contribution in [-0.4, -0.2) is 51.0 Å². The van der Waals surface area contributed by atoms with Gasteiger partial charge in [0.15, 0.2) is 5.96 Å². The van der Waals surface area contributed by atoms with Crippen LogP contribution >= 0.6 is 24.0 Å². The lowest BCUT2D eigenvalue weighted by atomic mass is 9.76. The van der Waals surface area contributed by atoms with Crippen LogP contribution < -0.4 is 10.6 Å². The molecule has 0 aromatic rings. The van der Waals surface area contributed by atoms with Gasteiger partial charge < -0.3 is 20.5 Å². The molecule has 0 radical (unpaired) electrons. The second-order valence-corrected chi connectivity index (χ2v) is 5.42. The minimum atomic E-state index is -0.205. The maximum absolute atomic E-state index is 10.6. The monoisotopic (exact) mass is 383 g/mol. The molecule has 1 aliphatic heterocycles. The van der Waals surface area contributed by atoms with Gasteiger partial charge in [0.1, 0.15) is 0 Å². The maximum Gasteiger partial charge on any atom is 0.190 e. The van der Waals surface area contributed by atoms with E-state index in [1.54, 1.807) is 7.05 Å². The molecule has 6 heteroatoms. The largest absolute Gasteiger partial charge is 0.392 e. The highest BCUT2D eigenvalue weighted by Crippen LogP contribution is 2.48. The van der Waals surface area contributed by atoms with Gasteiger partial charge >= 0.3 is 0 Å². The molecular weight excluding hydrogens is 357 g/mol. The van der Waals surface area contributed by atoms with Crippen molar-refractivity contribution in [3.63, 3.8) is 0 Å². The van der Waals surface area contributed by atoms with E-state index in [2.05, 4.69) is 15.6 Å². The van der Waals surface area contributed by atoms with Crippen LogP contribution in [0.15, 0.2) is 4.99 Å². The van der Waals surface area contributed by atoms with Gasteiger partial charge in [-0.2, -0.15) is 0 Å². The molecule has 0 bridgehead atoms. The zero-order chi connectivity index (χ0) is 13.0. The summed E-state index contributed by atoms with van der Waals surface area (Å²) >= 11 is 0. The average Bonchev–Trinajstić information content (AvgIpc) is 2.70. The summed E-state index contributed by atoms with van der Waals surface area (Å²) in [5, 5.41) is 16.8. The van der Waals surface area contributed by atoms with Crippen LogP contribution in [0.25, 0.3) is 0 Å². The minimum Gasteiger partial charge on any atom is -0.392 e. The molecule has 2 aliphatic rings. The highest BCUT2D eigenvalue weighted by Gasteiger charge is 2.47. The first kappa shape index (κ1) is 17.0. The molecule has 3 N–H and O–H groups in total. The molecule has 2 fully saturated rings. The first-order valence-electron chi connectivity index (χ1n) is 6.86. The smallest absolute Gasteiger partial charge is 0.190 e. The highest BCUT2D eigenvalue weighted by molar-refractivity contribution is 14.0. The zero-order valence-corrected chi connectivity index (χ0v) is 14.1. The Morgan fingerprint density at radius 3 is 2.63 bits per heavy atom. The van der Waals surface area contributed by atoms with Gasteiger partial charge in [0.05, 0.1) is 6.10 Å². The summed E-state index contributed by atoms with van der Waals surface area (Å²) < 4.78 is 5.42. The number of ether oxygens (including phenoxy) is 1. The molecule has 5 nitrogen and oxygen atoms in total. The Kier molecular flexibility index (Phi) is 6.82. The Morgan fingerprint density at radius 1 is 1.37 bits per heavy atom. The standard InChI is InChI=1S/C13H25N3O2.HI/c1-14-12(15-2)16-9-10-3-4-13(11(10)17)5-7-18-8-6-13;/h10-11,17H,3-9H2,1-2H3,(H2,14,15,16);1H. The number of hydrogen-bond acceptors (Lipinski definition) is 3. The van der Waals surface area contributed by atoms with Gasteiger partial charge in [-0.05, 0) is 25.7 Å². The molecule has 1 spiro atoms. The van der Waals surface area contributed by atoms with Gasteiger partial charge in [0.25, 0.3) is 0 Å². The number of nitrogens with one attached hydrogen (secondary N) is 2. The molecule has 1 saturated carbocycles. The second kappa shape index (κ2) is 7.64. The molecule has 19 heavy (non-hydrogen) atoms. The number of nitrogens with zero attached hydrogens (tertiary/aromatic N) is 1. The molecule has 112 valence electrons. The van der Waals surface area contributed by atoms with Gasteiger partial charge in [-0.1, -0.05) is 0 Å². The predicted octanol–water partition coefficient (Wildman–Crippen LogP) is 0.967. The molecule has 0 amide bonds. The first-order chi connectivity index (χ1) is 8.72. The maximum atomic E-state index is 10.6. The highest BCUT2D eigenvalue weighted by atomic mass is 127. The van der Waals surface area contributed by atoms with Gasteiger partial charge in [-0.25, -0.2) is 0 Å². The summed E-state index contributed by atoms with van der Waals surface area (Å²) in [6.07, 6.45) is 4.03. The Balaban J connectivity index is 0.00000180. The molecule has 1 heterocycles. The molecular formula is C13H26IN3O2. The normalized spacial score (nSPS) is 29.9. The van der Waals surface area contributed by atoms with E-state index in [0.29, 0.717) is 5.92 Å². The second-order valence-electron chi connectivity index (χ2n) is 5.42. The van der Waals surface area contributed by atoms with Crippen LogP contribution in [0.2, 0.25) is 0 Å². The third-order valence-corrected chi connectivity index (χ3v) is 4.57. The fourth-order valence-corrected chi connectivity index (χ4v) is 3.32. The zero-order valence-electron chi connectivity index (χ0n) is 11.8. The lowest BCUT2D eigenvalue weighted by Gasteiger charge is -2.37. The van der Waals surface area contributed by atoms with Crippen molar-refractivity contribution in [1.29, 1.82) is 0 Å². The number of guanidine groups is 1. The molecule has 0 aromatic carbocycles.